The maximum atomic E-state index is 12.9. The summed E-state index contributed by atoms with van der Waals surface area (Å²) in [4.78, 5) is 0.153. The molecule has 6 nitrogen and oxygen atoms in total. The third-order valence-corrected chi connectivity index (χ3v) is 8.93. The molecule has 8 heteroatoms. The van der Waals surface area contributed by atoms with Gasteiger partial charge in [-0.05, 0) is 60.4 Å². The first-order chi connectivity index (χ1) is 14.3. The lowest BCUT2D eigenvalue weighted by Crippen LogP contribution is -2.28. The number of fused-ring (bicyclic) bond motifs is 1. The molecule has 0 amide bonds. The van der Waals surface area contributed by atoms with E-state index in [1.165, 1.54) is 28.6 Å². The highest BCUT2D eigenvalue weighted by molar-refractivity contribution is 7.89. The van der Waals surface area contributed by atoms with E-state index in [2.05, 4.69) is 4.72 Å². The molecule has 30 heavy (non-hydrogen) atoms. The molecule has 0 bridgehead atoms. The standard InChI is InChI=1S/C22H24N2O4S2/c1-17(21-10-6-8-18-7-2-3-9-22(18)21)23-29(25,26)19-11-13-20(14-12-19)30(27,28)24-15-4-5-16-24/h2-3,6-14,17,23H,4-5,15-16H2,1H3. The average molecular weight is 445 g/mol. The fraction of sp³-hybridized carbons (Fsp3) is 0.273. The van der Waals surface area contributed by atoms with Crippen LogP contribution in [0.3, 0.4) is 0 Å². The van der Waals surface area contributed by atoms with Crippen LogP contribution in [0.1, 0.15) is 31.4 Å². The number of hydrogen-bond acceptors (Lipinski definition) is 4. The Morgan fingerprint density at radius 2 is 1.40 bits per heavy atom. The van der Waals surface area contributed by atoms with Gasteiger partial charge in [-0.15, -0.1) is 0 Å². The zero-order valence-corrected chi connectivity index (χ0v) is 18.3. The van der Waals surface area contributed by atoms with E-state index in [0.717, 1.165) is 29.2 Å². The van der Waals surface area contributed by atoms with Gasteiger partial charge in [-0.25, -0.2) is 21.6 Å². The van der Waals surface area contributed by atoms with Crippen molar-refractivity contribution in [2.75, 3.05) is 13.1 Å². The van der Waals surface area contributed by atoms with Gasteiger partial charge in [-0.2, -0.15) is 4.31 Å². The Morgan fingerprint density at radius 1 is 0.800 bits per heavy atom. The van der Waals surface area contributed by atoms with Gasteiger partial charge in [-0.3, -0.25) is 0 Å². The summed E-state index contributed by atoms with van der Waals surface area (Å²) < 4.78 is 55.2. The van der Waals surface area contributed by atoms with Gasteiger partial charge in [-0.1, -0.05) is 42.5 Å². The highest BCUT2D eigenvalue weighted by Gasteiger charge is 2.28. The Morgan fingerprint density at radius 3 is 2.10 bits per heavy atom. The molecule has 0 radical (unpaired) electrons. The molecular weight excluding hydrogens is 420 g/mol. The first-order valence-electron chi connectivity index (χ1n) is 9.89. The summed E-state index contributed by atoms with van der Waals surface area (Å²) in [6.07, 6.45) is 1.70. The van der Waals surface area contributed by atoms with Crippen LogP contribution in [0.4, 0.5) is 0 Å². The van der Waals surface area contributed by atoms with Crippen molar-refractivity contribution in [2.24, 2.45) is 0 Å². The van der Waals surface area contributed by atoms with E-state index in [4.69, 9.17) is 0 Å². The molecule has 0 spiro atoms. The summed E-state index contributed by atoms with van der Waals surface area (Å²) in [5, 5.41) is 2.03. The molecule has 1 N–H and O–H groups in total. The number of hydrogen-bond donors (Lipinski definition) is 1. The molecule has 0 aromatic heterocycles. The molecule has 1 atom stereocenters. The number of benzene rings is 3. The monoisotopic (exact) mass is 444 g/mol. The van der Waals surface area contributed by atoms with Crippen LogP contribution >= 0.6 is 0 Å². The lowest BCUT2D eigenvalue weighted by atomic mass is 10.0. The van der Waals surface area contributed by atoms with E-state index in [1.54, 1.807) is 6.92 Å². The van der Waals surface area contributed by atoms with Crippen molar-refractivity contribution < 1.29 is 16.8 Å². The quantitative estimate of drug-likeness (QED) is 0.629. The van der Waals surface area contributed by atoms with Crippen LogP contribution in [-0.2, 0) is 20.0 Å². The van der Waals surface area contributed by atoms with Gasteiger partial charge in [0.05, 0.1) is 9.79 Å². The molecule has 158 valence electrons. The normalized spacial score (nSPS) is 16.7. The number of sulfonamides is 2. The molecule has 1 aliphatic rings. The summed E-state index contributed by atoms with van der Waals surface area (Å²) in [5.74, 6) is 0. The zero-order valence-electron chi connectivity index (χ0n) is 16.7. The third-order valence-electron chi connectivity index (χ3n) is 5.46. The van der Waals surface area contributed by atoms with Gasteiger partial charge in [0.2, 0.25) is 20.0 Å². The third kappa shape index (κ3) is 4.00. The Balaban J connectivity index is 1.57. The van der Waals surface area contributed by atoms with Crippen molar-refractivity contribution >= 4 is 30.8 Å². The number of nitrogens with one attached hydrogen (secondary N) is 1. The van der Waals surface area contributed by atoms with Crippen molar-refractivity contribution in [3.05, 3.63) is 72.3 Å². The molecular formula is C22H24N2O4S2. The van der Waals surface area contributed by atoms with Crippen LogP contribution in [0, 0.1) is 0 Å². The second-order valence-electron chi connectivity index (χ2n) is 7.49. The molecule has 1 aliphatic heterocycles. The Bertz CT molecular complexity index is 1260. The van der Waals surface area contributed by atoms with Crippen molar-refractivity contribution in [3.63, 3.8) is 0 Å². The fourth-order valence-electron chi connectivity index (χ4n) is 3.86. The van der Waals surface area contributed by atoms with Gasteiger partial charge >= 0.3 is 0 Å². The van der Waals surface area contributed by atoms with Gasteiger partial charge in [0.15, 0.2) is 0 Å². The first-order valence-corrected chi connectivity index (χ1v) is 12.8. The number of nitrogens with zero attached hydrogens (tertiary/aromatic N) is 1. The van der Waals surface area contributed by atoms with E-state index in [9.17, 15) is 16.8 Å². The largest absolute Gasteiger partial charge is 0.243 e. The van der Waals surface area contributed by atoms with Crippen molar-refractivity contribution in [1.29, 1.82) is 0 Å². The maximum Gasteiger partial charge on any atom is 0.243 e. The number of rotatable bonds is 6. The van der Waals surface area contributed by atoms with Crippen LogP contribution in [0.2, 0.25) is 0 Å². The van der Waals surface area contributed by atoms with E-state index in [1.807, 2.05) is 42.5 Å². The van der Waals surface area contributed by atoms with Crippen LogP contribution in [0.15, 0.2) is 76.5 Å². The predicted octanol–water partition coefficient (Wildman–Crippen LogP) is 3.66. The van der Waals surface area contributed by atoms with Gasteiger partial charge in [0.25, 0.3) is 0 Å². The van der Waals surface area contributed by atoms with Crippen LogP contribution in [0.25, 0.3) is 10.8 Å². The predicted molar refractivity (Wildman–Crippen MR) is 117 cm³/mol. The Labute approximate surface area is 177 Å². The molecule has 1 fully saturated rings. The average Bonchev–Trinajstić information content (AvgIpc) is 3.29. The highest BCUT2D eigenvalue weighted by atomic mass is 32.2. The van der Waals surface area contributed by atoms with Crippen molar-refractivity contribution in [1.82, 2.24) is 9.03 Å². The second kappa shape index (κ2) is 8.11. The minimum Gasteiger partial charge on any atom is -0.207 e. The summed E-state index contributed by atoms with van der Waals surface area (Å²) in [6, 6.07) is 18.6. The topological polar surface area (TPSA) is 83.5 Å². The minimum absolute atomic E-state index is 0.0370. The molecule has 1 heterocycles. The first kappa shape index (κ1) is 21.0. The van der Waals surface area contributed by atoms with E-state index in [-0.39, 0.29) is 9.79 Å². The molecule has 0 saturated carbocycles. The minimum atomic E-state index is -3.82. The molecule has 4 rings (SSSR count). The molecule has 3 aromatic rings. The maximum absolute atomic E-state index is 12.9. The lowest BCUT2D eigenvalue weighted by Gasteiger charge is -2.18. The highest BCUT2D eigenvalue weighted by Crippen LogP contribution is 2.26. The smallest absolute Gasteiger partial charge is 0.207 e. The van der Waals surface area contributed by atoms with Gasteiger partial charge in [0.1, 0.15) is 0 Å². The van der Waals surface area contributed by atoms with E-state index in [0.29, 0.717) is 13.1 Å². The lowest BCUT2D eigenvalue weighted by molar-refractivity contribution is 0.477. The van der Waals surface area contributed by atoms with Crippen LogP contribution in [-0.4, -0.2) is 34.2 Å². The molecule has 0 aliphatic carbocycles. The van der Waals surface area contributed by atoms with Crippen LogP contribution in [0.5, 0.6) is 0 Å². The van der Waals surface area contributed by atoms with Gasteiger partial charge in [0, 0.05) is 19.1 Å². The summed E-state index contributed by atoms with van der Waals surface area (Å²) in [7, 11) is -7.39. The Hall–Kier alpha value is -2.26. The Kier molecular flexibility index (Phi) is 5.67. The fourth-order valence-corrected chi connectivity index (χ4v) is 6.60. The molecule has 3 aromatic carbocycles. The van der Waals surface area contributed by atoms with E-state index >= 15 is 0 Å². The second-order valence-corrected chi connectivity index (χ2v) is 11.1. The summed E-state index contributed by atoms with van der Waals surface area (Å²) >= 11 is 0. The summed E-state index contributed by atoms with van der Waals surface area (Å²) in [5.41, 5.74) is 0.880. The van der Waals surface area contributed by atoms with Gasteiger partial charge < -0.3 is 0 Å². The van der Waals surface area contributed by atoms with Crippen molar-refractivity contribution in [2.45, 2.75) is 35.6 Å². The van der Waals surface area contributed by atoms with Crippen LogP contribution < -0.4 is 4.72 Å². The van der Waals surface area contributed by atoms with E-state index < -0.39 is 26.1 Å². The van der Waals surface area contributed by atoms with Crippen molar-refractivity contribution in [3.8, 4) is 0 Å². The SMILES string of the molecule is CC(NS(=O)(=O)c1ccc(S(=O)(=O)N2CCCC2)cc1)c1cccc2ccccc12. The summed E-state index contributed by atoms with van der Waals surface area (Å²) in [6.45, 7) is 2.81. The molecule has 1 saturated heterocycles. The molecule has 1 unspecified atom stereocenters. The zero-order chi connectivity index (χ0) is 21.4.